The highest BCUT2D eigenvalue weighted by Crippen LogP contribution is 2.70. The molecule has 0 saturated carbocycles. The molecule has 2 heterocycles. The minimum Gasteiger partial charge on any atom is -0.496 e. The molecule has 4 atom stereocenters. The second-order valence-electron chi connectivity index (χ2n) is 13.5. The van der Waals surface area contributed by atoms with Gasteiger partial charge in [-0.15, -0.1) is 0 Å². The van der Waals surface area contributed by atoms with E-state index < -0.39 is 15.8 Å². The largest absolute Gasteiger partial charge is 0.496 e. The van der Waals surface area contributed by atoms with Gasteiger partial charge in [-0.3, -0.25) is 0 Å². The Kier molecular flexibility index (Phi) is 8.68. The molecular formula is C38H44O6P2. The summed E-state index contributed by atoms with van der Waals surface area (Å²) in [6, 6.07) is 24.6. The van der Waals surface area contributed by atoms with E-state index in [1.54, 1.807) is 28.4 Å². The van der Waals surface area contributed by atoms with Crippen LogP contribution in [0.3, 0.4) is 0 Å². The standard InChI is InChI=1S/C38H44O6P2/c1-37(2,3)45-33-23(31-25(39-7)17-13-18-26(31)40-8)15-11-21-29(33)43-35(45)36-44-30-22-12-16-24(34(30)46(36)38(4,5)6)32-27(41-9)19-14-20-28(32)42-10/h11-22,35-36H,1-10H3/t35-,36-,45-,46-/m0/s1. The van der Waals surface area contributed by atoms with Crippen LogP contribution in [0.4, 0.5) is 0 Å². The van der Waals surface area contributed by atoms with E-state index in [0.29, 0.717) is 0 Å². The summed E-state index contributed by atoms with van der Waals surface area (Å²) in [7, 11) is 5.03. The van der Waals surface area contributed by atoms with Gasteiger partial charge < -0.3 is 28.4 Å². The first-order valence-electron chi connectivity index (χ1n) is 15.5. The summed E-state index contributed by atoms with van der Waals surface area (Å²) in [5.41, 5.74) is 4.07. The Morgan fingerprint density at radius 3 is 1.07 bits per heavy atom. The van der Waals surface area contributed by atoms with E-state index in [2.05, 4.69) is 77.9 Å². The van der Waals surface area contributed by atoms with Gasteiger partial charge in [-0.05, 0) is 62.6 Å². The van der Waals surface area contributed by atoms with Gasteiger partial charge in [0, 0.05) is 21.7 Å². The first kappa shape index (κ1) is 32.5. The van der Waals surface area contributed by atoms with Crippen LogP contribution in [-0.2, 0) is 0 Å². The maximum Gasteiger partial charge on any atom is 0.162 e. The second kappa shape index (κ2) is 12.3. The molecule has 4 aromatic carbocycles. The van der Waals surface area contributed by atoms with Crippen LogP contribution in [0, 0.1) is 0 Å². The predicted molar refractivity (Wildman–Crippen MR) is 191 cm³/mol. The molecule has 8 heteroatoms. The second-order valence-corrected chi connectivity index (χ2v) is 19.6. The zero-order chi connectivity index (χ0) is 33.0. The van der Waals surface area contributed by atoms with Crippen LogP contribution in [0.25, 0.3) is 22.3 Å². The van der Waals surface area contributed by atoms with Gasteiger partial charge >= 0.3 is 0 Å². The van der Waals surface area contributed by atoms with Gasteiger partial charge in [0.05, 0.1) is 39.6 Å². The Hall–Kier alpha value is -3.46. The van der Waals surface area contributed by atoms with Crippen molar-refractivity contribution in [2.24, 2.45) is 0 Å². The molecular weight excluding hydrogens is 614 g/mol. The van der Waals surface area contributed by atoms with Gasteiger partial charge in [0.1, 0.15) is 34.5 Å². The minimum atomic E-state index is -0.906. The lowest BCUT2D eigenvalue weighted by molar-refractivity contribution is 0.171. The lowest BCUT2D eigenvalue weighted by atomic mass is 10.0. The van der Waals surface area contributed by atoms with Crippen molar-refractivity contribution < 1.29 is 28.4 Å². The highest BCUT2D eigenvalue weighted by Gasteiger charge is 2.55. The average molecular weight is 659 g/mol. The van der Waals surface area contributed by atoms with Crippen LogP contribution in [0.5, 0.6) is 34.5 Å². The molecule has 46 heavy (non-hydrogen) atoms. The van der Waals surface area contributed by atoms with Crippen LogP contribution in [-0.4, -0.2) is 50.4 Å². The van der Waals surface area contributed by atoms with Gasteiger partial charge in [0.2, 0.25) is 0 Å². The van der Waals surface area contributed by atoms with E-state index in [0.717, 1.165) is 56.8 Å². The molecule has 0 aromatic heterocycles. The molecule has 0 fully saturated rings. The number of ether oxygens (including phenoxy) is 6. The lowest BCUT2D eigenvalue weighted by Gasteiger charge is -2.40. The van der Waals surface area contributed by atoms with Crippen molar-refractivity contribution in [3.63, 3.8) is 0 Å². The smallest absolute Gasteiger partial charge is 0.162 e. The van der Waals surface area contributed by atoms with Crippen LogP contribution in [0.2, 0.25) is 0 Å². The van der Waals surface area contributed by atoms with Gasteiger partial charge in [0.15, 0.2) is 11.7 Å². The van der Waals surface area contributed by atoms with Gasteiger partial charge in [-0.2, -0.15) is 0 Å². The normalized spacial score (nSPS) is 20.3. The number of benzene rings is 4. The molecule has 0 radical (unpaired) electrons. The maximum absolute atomic E-state index is 7.12. The highest BCUT2D eigenvalue weighted by molar-refractivity contribution is 7.72. The monoisotopic (exact) mass is 658 g/mol. The number of methoxy groups -OCH3 is 4. The van der Waals surface area contributed by atoms with E-state index in [1.807, 2.05) is 36.4 Å². The Morgan fingerprint density at radius 1 is 0.478 bits per heavy atom. The zero-order valence-electron chi connectivity index (χ0n) is 28.4. The summed E-state index contributed by atoms with van der Waals surface area (Å²) in [6.07, 6.45) is 0. The van der Waals surface area contributed by atoms with Crippen molar-refractivity contribution in [3.05, 3.63) is 72.8 Å². The quantitative estimate of drug-likeness (QED) is 0.185. The first-order chi connectivity index (χ1) is 21.9. The van der Waals surface area contributed by atoms with Crippen LogP contribution in [0.1, 0.15) is 41.5 Å². The van der Waals surface area contributed by atoms with Crippen molar-refractivity contribution in [2.45, 2.75) is 63.5 Å². The van der Waals surface area contributed by atoms with Crippen molar-refractivity contribution in [1.29, 1.82) is 0 Å². The number of hydrogen-bond acceptors (Lipinski definition) is 6. The summed E-state index contributed by atoms with van der Waals surface area (Å²) in [4.78, 5) is 0. The minimum absolute atomic E-state index is 0.0949. The summed E-state index contributed by atoms with van der Waals surface area (Å²) in [6.45, 7) is 14.0. The SMILES string of the molecule is COc1cccc(OC)c1-c1cccc2c1[P@](C(C)(C)C)[C@@H]([C@H]1Oc3cccc(-c4c(OC)cccc4OC)c3[P@]1C(C)(C)C)O2. The van der Waals surface area contributed by atoms with Crippen LogP contribution >= 0.6 is 15.8 Å². The molecule has 0 spiro atoms. The van der Waals surface area contributed by atoms with Crippen molar-refractivity contribution in [3.8, 4) is 56.8 Å². The molecule has 4 aromatic rings. The molecule has 0 N–H and O–H groups in total. The maximum atomic E-state index is 7.12. The molecule has 6 nitrogen and oxygen atoms in total. The number of rotatable bonds is 7. The summed E-state index contributed by atoms with van der Waals surface area (Å²) >= 11 is 0. The lowest BCUT2D eigenvalue weighted by Crippen LogP contribution is -2.38. The van der Waals surface area contributed by atoms with Crippen LogP contribution in [0.15, 0.2) is 72.8 Å². The Balaban J connectivity index is 1.54. The molecule has 242 valence electrons. The summed E-state index contributed by atoms with van der Waals surface area (Å²) in [5, 5.41) is 2.27. The molecule has 0 aliphatic carbocycles. The summed E-state index contributed by atoms with van der Waals surface area (Å²) < 4.78 is 37.8. The first-order valence-corrected chi connectivity index (χ1v) is 18.4. The average Bonchev–Trinajstić information content (AvgIpc) is 3.63. The molecule has 2 aliphatic rings. The van der Waals surface area contributed by atoms with E-state index in [4.69, 9.17) is 28.4 Å². The van der Waals surface area contributed by atoms with Crippen molar-refractivity contribution in [2.75, 3.05) is 28.4 Å². The fourth-order valence-corrected chi connectivity index (χ4v) is 13.7. The third kappa shape index (κ3) is 5.38. The third-order valence-electron chi connectivity index (χ3n) is 8.57. The Bertz CT molecular complexity index is 1580. The molecule has 2 aliphatic heterocycles. The third-order valence-corrected chi connectivity index (χ3v) is 15.4. The predicted octanol–water partition coefficient (Wildman–Crippen LogP) is 9.00. The van der Waals surface area contributed by atoms with Gasteiger partial charge in [-0.1, -0.05) is 77.9 Å². The Morgan fingerprint density at radius 2 is 0.783 bits per heavy atom. The molecule has 0 unspecified atom stereocenters. The van der Waals surface area contributed by atoms with Crippen molar-refractivity contribution in [1.82, 2.24) is 0 Å². The fraction of sp³-hybridized carbons (Fsp3) is 0.368. The topological polar surface area (TPSA) is 55.4 Å². The zero-order valence-corrected chi connectivity index (χ0v) is 30.2. The van der Waals surface area contributed by atoms with Crippen molar-refractivity contribution >= 4 is 26.5 Å². The summed E-state index contributed by atoms with van der Waals surface area (Å²) in [5.74, 6) is 4.58. The van der Waals surface area contributed by atoms with E-state index in [-0.39, 0.29) is 22.0 Å². The molecule has 6 rings (SSSR count). The highest BCUT2D eigenvalue weighted by atomic mass is 31.1. The number of hydrogen-bond donors (Lipinski definition) is 0. The number of fused-ring (bicyclic) bond motifs is 2. The van der Waals surface area contributed by atoms with Gasteiger partial charge in [0.25, 0.3) is 0 Å². The van der Waals surface area contributed by atoms with E-state index >= 15 is 0 Å². The Labute approximate surface area is 275 Å². The van der Waals surface area contributed by atoms with Gasteiger partial charge in [-0.25, -0.2) is 0 Å². The molecule has 0 amide bonds. The molecule has 0 saturated heterocycles. The van der Waals surface area contributed by atoms with Crippen LogP contribution < -0.4 is 39.0 Å². The van der Waals surface area contributed by atoms with E-state index in [9.17, 15) is 0 Å². The van der Waals surface area contributed by atoms with E-state index in [1.165, 1.54) is 10.6 Å². The fourth-order valence-electron chi connectivity index (χ4n) is 6.79. The molecule has 0 bridgehead atoms.